The lowest BCUT2D eigenvalue weighted by Crippen LogP contribution is -2.27. The Labute approximate surface area is 150 Å². The van der Waals surface area contributed by atoms with E-state index in [9.17, 15) is 20.2 Å². The van der Waals surface area contributed by atoms with Crippen molar-refractivity contribution in [3.63, 3.8) is 0 Å². The first-order valence-corrected chi connectivity index (χ1v) is 8.06. The molecule has 1 heterocycles. The predicted octanol–water partition coefficient (Wildman–Crippen LogP) is 3.00. The molecule has 1 N–H and O–H groups in total. The first-order valence-electron chi connectivity index (χ1n) is 8.06. The smallest absolute Gasteiger partial charge is 0.292 e. The Morgan fingerprint density at radius 2 is 1.88 bits per heavy atom. The number of nitriles is 1. The maximum absolute atomic E-state index is 12.4. The molecular weight excluding hydrogens is 332 g/mol. The molecule has 2 aromatic carbocycles. The second kappa shape index (κ2) is 7.49. The van der Waals surface area contributed by atoms with Crippen molar-refractivity contribution < 1.29 is 9.72 Å². The number of nitrogens with zero attached hydrogens (tertiary/aromatic N) is 3. The van der Waals surface area contributed by atoms with Crippen LogP contribution in [-0.4, -0.2) is 22.3 Å². The average Bonchev–Trinajstić information content (AvgIpc) is 2.66. The topological polar surface area (TPSA) is 99.3 Å². The van der Waals surface area contributed by atoms with Gasteiger partial charge in [-0.2, -0.15) is 5.26 Å². The number of amides is 1. The number of nitro groups is 1. The van der Waals surface area contributed by atoms with Gasteiger partial charge in [-0.3, -0.25) is 14.9 Å². The third kappa shape index (κ3) is 3.70. The van der Waals surface area contributed by atoms with Crippen LogP contribution in [-0.2, 0) is 17.8 Å². The zero-order valence-corrected chi connectivity index (χ0v) is 13.9. The van der Waals surface area contributed by atoms with E-state index in [-0.39, 0.29) is 16.9 Å². The number of hydrogen-bond acceptors (Lipinski definition) is 5. The average molecular weight is 348 g/mol. The minimum absolute atomic E-state index is 0.0626. The highest BCUT2D eigenvalue weighted by Crippen LogP contribution is 2.24. The van der Waals surface area contributed by atoms with Gasteiger partial charge in [0, 0.05) is 25.4 Å². The van der Waals surface area contributed by atoms with Gasteiger partial charge < -0.3 is 10.2 Å². The third-order valence-electron chi connectivity index (χ3n) is 4.19. The zero-order valence-electron chi connectivity index (χ0n) is 13.9. The van der Waals surface area contributed by atoms with Crippen LogP contribution in [0.2, 0.25) is 0 Å². The molecule has 130 valence electrons. The van der Waals surface area contributed by atoms with E-state index in [1.165, 1.54) is 30.0 Å². The Balaban J connectivity index is 1.77. The first-order chi connectivity index (χ1) is 12.6. The largest absolute Gasteiger partial charge is 0.371 e. The number of anilines is 1. The summed E-state index contributed by atoms with van der Waals surface area (Å²) in [4.78, 5) is 24.8. The van der Waals surface area contributed by atoms with E-state index in [4.69, 9.17) is 0 Å². The first kappa shape index (κ1) is 17.2. The highest BCUT2D eigenvalue weighted by Gasteiger charge is 2.19. The third-order valence-corrected chi connectivity index (χ3v) is 4.19. The van der Waals surface area contributed by atoms with E-state index in [0.29, 0.717) is 13.1 Å². The number of hydrogen-bond donors (Lipinski definition) is 1. The van der Waals surface area contributed by atoms with Crippen LogP contribution in [0.3, 0.4) is 0 Å². The Morgan fingerprint density at radius 1 is 1.19 bits per heavy atom. The van der Waals surface area contributed by atoms with E-state index in [1.54, 1.807) is 6.07 Å². The molecule has 1 aliphatic rings. The van der Waals surface area contributed by atoms with Crippen LogP contribution in [0.25, 0.3) is 0 Å². The molecular formula is C19H16N4O3. The molecule has 0 aromatic heterocycles. The molecule has 1 amide bonds. The summed E-state index contributed by atoms with van der Waals surface area (Å²) >= 11 is 0. The summed E-state index contributed by atoms with van der Waals surface area (Å²) in [6.07, 6.45) is 2.34. The fourth-order valence-electron chi connectivity index (χ4n) is 2.88. The Kier molecular flexibility index (Phi) is 4.94. The number of carbonyl (C=O) groups excluding carboxylic acids is 1. The van der Waals surface area contributed by atoms with E-state index in [0.717, 1.165) is 12.0 Å². The molecule has 26 heavy (non-hydrogen) atoms. The number of fused-ring (bicyclic) bond motifs is 1. The van der Waals surface area contributed by atoms with Crippen LogP contribution in [0.15, 0.2) is 60.3 Å². The zero-order chi connectivity index (χ0) is 18.5. The van der Waals surface area contributed by atoms with Gasteiger partial charge in [-0.05, 0) is 23.6 Å². The van der Waals surface area contributed by atoms with Crippen LogP contribution in [0.4, 0.5) is 11.4 Å². The van der Waals surface area contributed by atoms with Gasteiger partial charge in [0.05, 0.1) is 4.92 Å². The van der Waals surface area contributed by atoms with Gasteiger partial charge in [-0.15, -0.1) is 0 Å². The number of rotatable bonds is 4. The van der Waals surface area contributed by atoms with Crippen molar-refractivity contribution in [1.82, 2.24) is 4.90 Å². The van der Waals surface area contributed by atoms with Crippen LogP contribution in [0.5, 0.6) is 0 Å². The fraction of sp³-hybridized carbons (Fsp3) is 0.158. The van der Waals surface area contributed by atoms with Gasteiger partial charge >= 0.3 is 0 Å². The van der Waals surface area contributed by atoms with Crippen LogP contribution < -0.4 is 5.32 Å². The number of nitrogens with one attached hydrogen (secondary N) is 1. The van der Waals surface area contributed by atoms with E-state index < -0.39 is 10.8 Å². The molecule has 0 atom stereocenters. The highest BCUT2D eigenvalue weighted by atomic mass is 16.6. The van der Waals surface area contributed by atoms with Crippen LogP contribution >= 0.6 is 0 Å². The molecule has 0 saturated heterocycles. The number of para-hydroxylation sites is 2. The maximum Gasteiger partial charge on any atom is 0.292 e. The summed E-state index contributed by atoms with van der Waals surface area (Å²) in [5.74, 6) is -0.666. The summed E-state index contributed by atoms with van der Waals surface area (Å²) in [6, 6.07) is 15.8. The van der Waals surface area contributed by atoms with Gasteiger partial charge in [0.25, 0.3) is 11.6 Å². The summed E-state index contributed by atoms with van der Waals surface area (Å²) in [7, 11) is 0. The minimum atomic E-state index is -0.666. The summed E-state index contributed by atoms with van der Waals surface area (Å²) in [5, 5.41) is 22.8. The molecule has 0 fully saturated rings. The number of nitro benzene ring substituents is 1. The van der Waals surface area contributed by atoms with Gasteiger partial charge in [0.1, 0.15) is 17.3 Å². The molecule has 0 aliphatic carbocycles. The maximum atomic E-state index is 12.4. The molecule has 1 aliphatic heterocycles. The molecule has 3 rings (SSSR count). The summed E-state index contributed by atoms with van der Waals surface area (Å²) in [6.45, 7) is 1.31. The number of carbonyl (C=O) groups is 1. The van der Waals surface area contributed by atoms with E-state index in [1.807, 2.05) is 29.2 Å². The van der Waals surface area contributed by atoms with E-state index in [2.05, 4.69) is 11.4 Å². The van der Waals surface area contributed by atoms with Crippen molar-refractivity contribution in [3.8, 4) is 6.07 Å². The lowest BCUT2D eigenvalue weighted by atomic mass is 10.0. The van der Waals surface area contributed by atoms with Crippen LogP contribution in [0.1, 0.15) is 11.1 Å². The molecule has 0 unspecified atom stereocenters. The van der Waals surface area contributed by atoms with Crippen molar-refractivity contribution in [2.45, 2.75) is 13.0 Å². The van der Waals surface area contributed by atoms with Gasteiger partial charge in [-0.25, -0.2) is 0 Å². The van der Waals surface area contributed by atoms with Crippen molar-refractivity contribution in [1.29, 1.82) is 5.26 Å². The minimum Gasteiger partial charge on any atom is -0.371 e. The predicted molar refractivity (Wildman–Crippen MR) is 96.0 cm³/mol. The van der Waals surface area contributed by atoms with Crippen LogP contribution in [0, 0.1) is 21.4 Å². The summed E-state index contributed by atoms with van der Waals surface area (Å²) < 4.78 is 0. The molecule has 0 radical (unpaired) electrons. The Hall–Kier alpha value is -3.66. The Morgan fingerprint density at radius 3 is 2.62 bits per heavy atom. The monoisotopic (exact) mass is 348 g/mol. The SMILES string of the molecule is N#C/C(=C/N1CCc2ccccc2C1)C(=O)Nc1ccccc1[N+](=O)[O-]. The molecule has 7 heteroatoms. The lowest BCUT2D eigenvalue weighted by Gasteiger charge is -2.27. The quantitative estimate of drug-likeness (QED) is 0.396. The normalized spacial score (nSPS) is 13.5. The van der Waals surface area contributed by atoms with E-state index >= 15 is 0 Å². The second-order valence-corrected chi connectivity index (χ2v) is 5.87. The molecule has 7 nitrogen and oxygen atoms in total. The highest BCUT2D eigenvalue weighted by molar-refractivity contribution is 6.07. The van der Waals surface area contributed by atoms with Gasteiger partial charge in [-0.1, -0.05) is 36.4 Å². The number of benzene rings is 2. The van der Waals surface area contributed by atoms with Gasteiger partial charge in [0.2, 0.25) is 0 Å². The molecule has 0 saturated carbocycles. The second-order valence-electron chi connectivity index (χ2n) is 5.87. The molecule has 0 spiro atoms. The van der Waals surface area contributed by atoms with Crippen molar-refractivity contribution in [3.05, 3.63) is 81.5 Å². The fourth-order valence-corrected chi connectivity index (χ4v) is 2.88. The standard InChI is InChI=1S/C19H16N4O3/c20-11-16(13-22-10-9-14-5-1-2-6-15(14)12-22)19(24)21-17-7-3-4-8-18(17)23(25)26/h1-8,13H,9-10,12H2,(H,21,24)/b16-13-. The van der Waals surface area contributed by atoms with Crippen molar-refractivity contribution >= 4 is 17.3 Å². The van der Waals surface area contributed by atoms with Gasteiger partial charge in [0.15, 0.2) is 0 Å². The summed E-state index contributed by atoms with van der Waals surface area (Å²) in [5.41, 5.74) is 2.17. The molecule has 2 aromatic rings. The lowest BCUT2D eigenvalue weighted by molar-refractivity contribution is -0.383. The molecule has 0 bridgehead atoms. The van der Waals surface area contributed by atoms with Crippen molar-refractivity contribution in [2.24, 2.45) is 0 Å². The van der Waals surface area contributed by atoms with Crippen molar-refractivity contribution in [2.75, 3.05) is 11.9 Å². The Bertz CT molecular complexity index is 930.